The van der Waals surface area contributed by atoms with Crippen LogP contribution in [0, 0.1) is 5.82 Å². The van der Waals surface area contributed by atoms with Crippen molar-refractivity contribution >= 4 is 23.4 Å². The summed E-state index contributed by atoms with van der Waals surface area (Å²) in [6, 6.07) is 2.05. The molecule has 1 amide bonds. The van der Waals surface area contributed by atoms with Crippen LogP contribution in [-0.2, 0) is 10.9 Å². The van der Waals surface area contributed by atoms with Gasteiger partial charge < -0.3 is 9.72 Å². The molecule has 0 aliphatic heterocycles. The van der Waals surface area contributed by atoms with E-state index in [4.69, 9.17) is 11.6 Å². The molecule has 2 N–H and O–H groups in total. The Hall–Kier alpha value is -2.82. The van der Waals surface area contributed by atoms with Gasteiger partial charge in [0.2, 0.25) is 0 Å². The standard InChI is InChI=1S/C14H10ClF4N3O4/c1-2-26-13(25)21-11-6(15)3-4-7(10(11)16)22-9(23)5-8(14(17,18)19)20-12(22)24/h3-5H,2H2,1H3,(H,20,24)(H,21,25). The number of alkyl halides is 3. The molecule has 0 radical (unpaired) electrons. The van der Waals surface area contributed by atoms with E-state index in [1.165, 1.54) is 11.9 Å². The Morgan fingerprint density at radius 1 is 1.35 bits per heavy atom. The summed E-state index contributed by atoms with van der Waals surface area (Å²) < 4.78 is 57.2. The molecule has 0 aliphatic carbocycles. The number of carbonyl (C=O) groups is 1. The van der Waals surface area contributed by atoms with Gasteiger partial charge in [-0.15, -0.1) is 0 Å². The molecule has 26 heavy (non-hydrogen) atoms. The topological polar surface area (TPSA) is 93.2 Å². The van der Waals surface area contributed by atoms with Gasteiger partial charge in [-0.3, -0.25) is 10.1 Å². The zero-order valence-corrected chi connectivity index (χ0v) is 13.7. The summed E-state index contributed by atoms with van der Waals surface area (Å²) in [7, 11) is 0. The summed E-state index contributed by atoms with van der Waals surface area (Å²) in [4.78, 5) is 36.7. The molecule has 1 aromatic carbocycles. The van der Waals surface area contributed by atoms with E-state index in [1.807, 2.05) is 5.32 Å². The first-order valence-corrected chi connectivity index (χ1v) is 7.29. The van der Waals surface area contributed by atoms with Gasteiger partial charge in [-0.2, -0.15) is 13.2 Å². The number of aromatic nitrogens is 2. The van der Waals surface area contributed by atoms with E-state index in [0.29, 0.717) is 0 Å². The van der Waals surface area contributed by atoms with Crippen LogP contribution >= 0.6 is 11.6 Å². The molecule has 0 fully saturated rings. The molecule has 1 aromatic heterocycles. The second kappa shape index (κ2) is 7.20. The number of nitrogens with zero attached hydrogens (tertiary/aromatic N) is 1. The van der Waals surface area contributed by atoms with Crippen molar-refractivity contribution in [2.75, 3.05) is 11.9 Å². The molecule has 0 atom stereocenters. The molecule has 2 aromatic rings. The van der Waals surface area contributed by atoms with Crippen LogP contribution in [0.25, 0.3) is 5.69 Å². The lowest BCUT2D eigenvalue weighted by Crippen LogP contribution is -2.36. The van der Waals surface area contributed by atoms with Gasteiger partial charge in [0, 0.05) is 6.07 Å². The minimum atomic E-state index is -4.97. The normalized spacial score (nSPS) is 11.3. The third kappa shape index (κ3) is 3.87. The van der Waals surface area contributed by atoms with Crippen molar-refractivity contribution in [3.05, 3.63) is 55.6 Å². The molecule has 2 rings (SSSR count). The van der Waals surface area contributed by atoms with Gasteiger partial charge in [-0.25, -0.2) is 18.5 Å². The fourth-order valence-electron chi connectivity index (χ4n) is 1.97. The van der Waals surface area contributed by atoms with Crippen molar-refractivity contribution in [2.45, 2.75) is 13.1 Å². The molecule has 1 heterocycles. The van der Waals surface area contributed by atoms with Gasteiger partial charge in [0.1, 0.15) is 11.4 Å². The molecule has 12 heteroatoms. The predicted molar refractivity (Wildman–Crippen MR) is 83.3 cm³/mol. The van der Waals surface area contributed by atoms with E-state index < -0.39 is 46.4 Å². The Kier molecular flexibility index (Phi) is 5.40. The summed E-state index contributed by atoms with van der Waals surface area (Å²) in [6.07, 6.45) is -6.02. The Labute approximate surface area is 147 Å². The average molecular weight is 396 g/mol. The van der Waals surface area contributed by atoms with E-state index in [0.717, 1.165) is 12.1 Å². The van der Waals surface area contributed by atoms with Gasteiger partial charge in [0.25, 0.3) is 5.56 Å². The maximum absolute atomic E-state index is 14.6. The van der Waals surface area contributed by atoms with Crippen molar-refractivity contribution in [1.29, 1.82) is 0 Å². The van der Waals surface area contributed by atoms with Crippen LogP contribution in [0.1, 0.15) is 12.6 Å². The van der Waals surface area contributed by atoms with Crippen molar-refractivity contribution in [2.24, 2.45) is 0 Å². The first-order chi connectivity index (χ1) is 12.1. The zero-order chi connectivity index (χ0) is 19.6. The van der Waals surface area contributed by atoms with Crippen LogP contribution in [0.3, 0.4) is 0 Å². The highest BCUT2D eigenvalue weighted by Crippen LogP contribution is 2.29. The van der Waals surface area contributed by atoms with Crippen LogP contribution in [0.5, 0.6) is 0 Å². The van der Waals surface area contributed by atoms with Gasteiger partial charge in [0.05, 0.1) is 17.3 Å². The second-order valence-corrected chi connectivity index (χ2v) is 5.17. The molecule has 0 aliphatic rings. The minimum Gasteiger partial charge on any atom is -0.450 e. The first-order valence-electron chi connectivity index (χ1n) is 6.92. The number of benzene rings is 1. The number of carbonyl (C=O) groups excluding carboxylic acids is 1. The number of hydrogen-bond acceptors (Lipinski definition) is 4. The summed E-state index contributed by atoms with van der Waals surface area (Å²) in [6.45, 7) is 1.47. The number of aromatic amines is 1. The largest absolute Gasteiger partial charge is 0.450 e. The SMILES string of the molecule is CCOC(=O)Nc1c(Cl)ccc(-n2c(=O)cc(C(F)(F)F)[nH]c2=O)c1F. The number of amides is 1. The van der Waals surface area contributed by atoms with E-state index in [9.17, 15) is 31.9 Å². The van der Waals surface area contributed by atoms with E-state index in [1.54, 1.807) is 0 Å². The number of nitrogens with one attached hydrogen (secondary N) is 2. The quantitative estimate of drug-likeness (QED) is 0.781. The number of anilines is 1. The zero-order valence-electron chi connectivity index (χ0n) is 12.9. The minimum absolute atomic E-state index is 0.0250. The summed E-state index contributed by atoms with van der Waals surface area (Å²) >= 11 is 5.77. The maximum atomic E-state index is 14.6. The fraction of sp³-hybridized carbons (Fsp3) is 0.214. The van der Waals surface area contributed by atoms with Gasteiger partial charge in [-0.1, -0.05) is 11.6 Å². The Bertz CT molecular complexity index is 937. The third-order valence-corrected chi connectivity index (χ3v) is 3.37. The molecular weight excluding hydrogens is 386 g/mol. The number of hydrogen-bond donors (Lipinski definition) is 2. The van der Waals surface area contributed by atoms with E-state index in [-0.39, 0.29) is 22.3 Å². The summed E-state index contributed by atoms with van der Waals surface area (Å²) in [5, 5.41) is 1.71. The van der Waals surface area contributed by atoms with Crippen LogP contribution in [0.4, 0.5) is 28.0 Å². The predicted octanol–water partition coefficient (Wildman–Crippen LogP) is 2.91. The summed E-state index contributed by atoms with van der Waals surface area (Å²) in [5.41, 5.74) is -5.84. The van der Waals surface area contributed by atoms with E-state index in [2.05, 4.69) is 4.74 Å². The fourth-order valence-corrected chi connectivity index (χ4v) is 2.17. The second-order valence-electron chi connectivity index (χ2n) is 4.76. The van der Waals surface area contributed by atoms with Crippen molar-refractivity contribution in [3.63, 3.8) is 0 Å². The van der Waals surface area contributed by atoms with Crippen LogP contribution in [0.15, 0.2) is 27.8 Å². The monoisotopic (exact) mass is 395 g/mol. The lowest BCUT2D eigenvalue weighted by atomic mass is 10.2. The van der Waals surface area contributed by atoms with Crippen LogP contribution in [-0.4, -0.2) is 22.3 Å². The highest BCUT2D eigenvalue weighted by Gasteiger charge is 2.33. The maximum Gasteiger partial charge on any atom is 0.431 e. The van der Waals surface area contributed by atoms with Gasteiger partial charge in [-0.05, 0) is 19.1 Å². The average Bonchev–Trinajstić information content (AvgIpc) is 2.52. The van der Waals surface area contributed by atoms with Gasteiger partial charge in [0.15, 0.2) is 5.82 Å². The van der Waals surface area contributed by atoms with Crippen molar-refractivity contribution < 1.29 is 27.1 Å². The Balaban J connectivity index is 2.62. The number of rotatable bonds is 3. The van der Waals surface area contributed by atoms with Crippen LogP contribution < -0.4 is 16.6 Å². The Morgan fingerprint density at radius 2 is 2.00 bits per heavy atom. The van der Waals surface area contributed by atoms with E-state index >= 15 is 0 Å². The van der Waals surface area contributed by atoms with Crippen molar-refractivity contribution in [1.82, 2.24) is 9.55 Å². The molecule has 0 unspecified atom stereocenters. The van der Waals surface area contributed by atoms with Crippen molar-refractivity contribution in [3.8, 4) is 5.69 Å². The molecule has 7 nitrogen and oxygen atoms in total. The number of halogens is 5. The molecule has 0 bridgehead atoms. The molecule has 0 saturated heterocycles. The highest BCUT2D eigenvalue weighted by atomic mass is 35.5. The smallest absolute Gasteiger partial charge is 0.431 e. The lowest BCUT2D eigenvalue weighted by molar-refractivity contribution is -0.141. The lowest BCUT2D eigenvalue weighted by Gasteiger charge is -2.13. The molecule has 140 valence electrons. The third-order valence-electron chi connectivity index (χ3n) is 3.05. The molecule has 0 spiro atoms. The summed E-state index contributed by atoms with van der Waals surface area (Å²) in [5.74, 6) is -1.31. The number of H-pyrrole nitrogens is 1. The highest BCUT2D eigenvalue weighted by molar-refractivity contribution is 6.33. The molecular formula is C14H10ClF4N3O4. The Morgan fingerprint density at radius 3 is 2.54 bits per heavy atom. The number of ether oxygens (including phenoxy) is 1. The van der Waals surface area contributed by atoms with Crippen LogP contribution in [0.2, 0.25) is 5.02 Å². The first kappa shape index (κ1) is 19.5. The van der Waals surface area contributed by atoms with Gasteiger partial charge >= 0.3 is 18.0 Å². The molecule has 0 saturated carbocycles.